The number of carbonyl (C=O) groups is 3. The number of alkyl halides is 3. The Hall–Kier alpha value is -3.53. The molecule has 7 nitrogen and oxygen atoms in total. The number of amides is 2. The molecule has 3 rings (SSSR count). The summed E-state index contributed by atoms with van der Waals surface area (Å²) >= 11 is 5.87. The van der Waals surface area contributed by atoms with Crippen molar-refractivity contribution in [3.8, 4) is 0 Å². The van der Waals surface area contributed by atoms with E-state index in [-0.39, 0.29) is 28.8 Å². The van der Waals surface area contributed by atoms with Crippen molar-refractivity contribution in [1.82, 2.24) is 4.90 Å². The van der Waals surface area contributed by atoms with E-state index in [2.05, 4.69) is 5.32 Å². The van der Waals surface area contributed by atoms with E-state index in [0.717, 1.165) is 11.6 Å². The van der Waals surface area contributed by atoms with Gasteiger partial charge in [0.25, 0.3) is 0 Å². The number of nitrogens with one attached hydrogen (secondary N) is 1. The molecule has 2 aromatic carbocycles. The summed E-state index contributed by atoms with van der Waals surface area (Å²) < 4.78 is 45.3. The van der Waals surface area contributed by atoms with E-state index in [1.807, 2.05) is 36.4 Å². The minimum absolute atomic E-state index is 0.0768. The van der Waals surface area contributed by atoms with Gasteiger partial charge in [-0.25, -0.2) is 4.79 Å². The molecule has 1 aliphatic heterocycles. The number of likely N-dealkylation sites (tertiary alicyclic amines) is 1. The van der Waals surface area contributed by atoms with E-state index >= 15 is 0 Å². The third-order valence-corrected chi connectivity index (χ3v) is 6.54. The lowest BCUT2D eigenvalue weighted by Gasteiger charge is -2.31. The first kappa shape index (κ1) is 29.0. The number of carbonyl (C=O) groups excluding carboxylic acids is 3. The maximum Gasteiger partial charge on any atom is 0.418 e. The molecular formula is C27H29ClF3N3O4. The molecule has 1 saturated heterocycles. The Morgan fingerprint density at radius 3 is 2.45 bits per heavy atom. The number of hydrogen-bond donors (Lipinski definition) is 2. The van der Waals surface area contributed by atoms with Crippen molar-refractivity contribution in [3.05, 3.63) is 64.2 Å². The van der Waals surface area contributed by atoms with E-state index in [9.17, 15) is 27.6 Å². The molecule has 204 valence electrons. The molecule has 1 atom stereocenters. The summed E-state index contributed by atoms with van der Waals surface area (Å²) in [6.07, 6.45) is -1.70. The number of nitrogens with zero attached hydrogens (tertiary/aromatic N) is 1. The minimum Gasteiger partial charge on any atom is -0.438 e. The van der Waals surface area contributed by atoms with Crippen LogP contribution in [-0.4, -0.2) is 41.9 Å². The minimum atomic E-state index is -4.73. The van der Waals surface area contributed by atoms with Crippen LogP contribution in [0.1, 0.15) is 43.4 Å². The number of hydrogen-bond acceptors (Lipinski definition) is 5. The lowest BCUT2D eigenvalue weighted by atomic mass is 9.95. The number of benzene rings is 2. The molecule has 3 N–H and O–H groups in total. The standard InChI is InChI=1S/C27H29ClF3N3O4/c1-16(35)24(15-19-13-21(27(29,30)31)25(32)22(28)14-19)38-26(37)34-11-9-18(10-12-34)7-8-20-5-3-4-6-23(20)33-17(2)36/h3-8,13-14,18,24H,9-12,15,32H2,1-2H3,(H,33,36)/b8-7+/t24-/m1/s1. The zero-order chi connectivity index (χ0) is 28.0. The fourth-order valence-corrected chi connectivity index (χ4v) is 4.41. The van der Waals surface area contributed by atoms with Gasteiger partial charge in [-0.1, -0.05) is 42.0 Å². The first-order valence-electron chi connectivity index (χ1n) is 12.0. The highest BCUT2D eigenvalue weighted by molar-refractivity contribution is 6.33. The van der Waals surface area contributed by atoms with E-state index in [1.165, 1.54) is 24.8 Å². The fourth-order valence-electron chi connectivity index (χ4n) is 4.17. The number of anilines is 2. The highest BCUT2D eigenvalue weighted by atomic mass is 35.5. The monoisotopic (exact) mass is 551 g/mol. The van der Waals surface area contributed by atoms with Crippen molar-refractivity contribution in [2.75, 3.05) is 24.1 Å². The molecule has 0 saturated carbocycles. The molecule has 1 heterocycles. The van der Waals surface area contributed by atoms with Gasteiger partial charge in [-0.2, -0.15) is 13.2 Å². The normalized spacial score (nSPS) is 15.4. The molecule has 2 aromatic rings. The predicted molar refractivity (Wildman–Crippen MR) is 140 cm³/mol. The van der Waals surface area contributed by atoms with E-state index < -0.39 is 35.4 Å². The zero-order valence-electron chi connectivity index (χ0n) is 21.0. The lowest BCUT2D eigenvalue weighted by molar-refractivity contribution is -0.137. The second-order valence-electron chi connectivity index (χ2n) is 9.18. The summed E-state index contributed by atoms with van der Waals surface area (Å²) in [6.45, 7) is 3.42. The first-order valence-corrected chi connectivity index (χ1v) is 12.4. The smallest absolute Gasteiger partial charge is 0.418 e. The average molecular weight is 552 g/mol. The number of piperidine rings is 1. The Bertz CT molecular complexity index is 1220. The van der Waals surface area contributed by atoms with Gasteiger partial charge in [-0.05, 0) is 55.0 Å². The summed E-state index contributed by atoms with van der Waals surface area (Å²) in [6, 6.07) is 9.45. The third-order valence-electron chi connectivity index (χ3n) is 6.23. The summed E-state index contributed by atoms with van der Waals surface area (Å²) in [7, 11) is 0. The molecule has 38 heavy (non-hydrogen) atoms. The van der Waals surface area contributed by atoms with Gasteiger partial charge in [0, 0.05) is 32.1 Å². The average Bonchev–Trinajstić information content (AvgIpc) is 2.84. The number of rotatable bonds is 7. The third kappa shape index (κ3) is 7.74. The van der Waals surface area contributed by atoms with Gasteiger partial charge >= 0.3 is 12.3 Å². The molecule has 0 aliphatic carbocycles. The summed E-state index contributed by atoms with van der Waals surface area (Å²) in [5, 5.41) is 2.49. The highest BCUT2D eigenvalue weighted by Crippen LogP contribution is 2.38. The van der Waals surface area contributed by atoms with Crippen molar-refractivity contribution in [2.45, 2.75) is 45.4 Å². The Balaban J connectivity index is 1.60. The quantitative estimate of drug-likeness (QED) is 0.413. The zero-order valence-corrected chi connectivity index (χ0v) is 21.7. The molecule has 11 heteroatoms. The SMILES string of the molecule is CC(=O)Nc1ccccc1/C=C/C1CCN(C(=O)O[C@H](Cc2cc(Cl)c(N)c(C(F)(F)F)c2)C(C)=O)CC1. The van der Waals surface area contributed by atoms with Crippen LogP contribution in [0.5, 0.6) is 0 Å². The Labute approximate surface area is 223 Å². The van der Waals surface area contributed by atoms with Crippen molar-refractivity contribution in [2.24, 2.45) is 5.92 Å². The van der Waals surface area contributed by atoms with Crippen LogP contribution >= 0.6 is 11.6 Å². The number of ether oxygens (including phenoxy) is 1. The van der Waals surface area contributed by atoms with Crippen LogP contribution in [0.3, 0.4) is 0 Å². The van der Waals surface area contributed by atoms with E-state index in [0.29, 0.717) is 31.6 Å². The van der Waals surface area contributed by atoms with Crippen LogP contribution < -0.4 is 11.1 Å². The van der Waals surface area contributed by atoms with Crippen molar-refractivity contribution in [1.29, 1.82) is 0 Å². The Morgan fingerprint density at radius 1 is 1.18 bits per heavy atom. The number of ketones is 1. The van der Waals surface area contributed by atoms with Gasteiger partial charge in [0.05, 0.1) is 16.3 Å². The van der Waals surface area contributed by atoms with Crippen LogP contribution in [0, 0.1) is 5.92 Å². The molecule has 0 unspecified atom stereocenters. The maximum absolute atomic E-state index is 13.3. The number of nitrogen functional groups attached to an aromatic ring is 1. The van der Waals surface area contributed by atoms with Gasteiger partial charge < -0.3 is 20.7 Å². The maximum atomic E-state index is 13.3. The van der Waals surface area contributed by atoms with Crippen molar-refractivity contribution >= 4 is 46.8 Å². The molecule has 0 aromatic heterocycles. The predicted octanol–water partition coefficient (Wildman–Crippen LogP) is 5.96. The van der Waals surface area contributed by atoms with Gasteiger partial charge in [0.2, 0.25) is 5.91 Å². The van der Waals surface area contributed by atoms with E-state index in [4.69, 9.17) is 22.1 Å². The van der Waals surface area contributed by atoms with E-state index in [1.54, 1.807) is 0 Å². The summed E-state index contributed by atoms with van der Waals surface area (Å²) in [5.74, 6) is -0.483. The van der Waals surface area contributed by atoms with Crippen molar-refractivity contribution in [3.63, 3.8) is 0 Å². The number of nitrogens with two attached hydrogens (primary N) is 1. The molecular weight excluding hydrogens is 523 g/mol. The molecule has 0 bridgehead atoms. The summed E-state index contributed by atoms with van der Waals surface area (Å²) in [5.41, 5.74) is 5.40. The van der Waals surface area contributed by atoms with Gasteiger partial charge in [-0.15, -0.1) is 0 Å². The molecule has 1 aliphatic rings. The highest BCUT2D eigenvalue weighted by Gasteiger charge is 2.35. The largest absolute Gasteiger partial charge is 0.438 e. The van der Waals surface area contributed by atoms with Crippen LogP contribution in [-0.2, 0) is 26.9 Å². The van der Waals surface area contributed by atoms with Gasteiger partial charge in [0.15, 0.2) is 11.9 Å². The number of allylic oxidation sites excluding steroid dienone is 1. The van der Waals surface area contributed by atoms with Crippen LogP contribution in [0.25, 0.3) is 6.08 Å². The van der Waals surface area contributed by atoms with Crippen LogP contribution in [0.15, 0.2) is 42.5 Å². The second kappa shape index (κ2) is 12.3. The lowest BCUT2D eigenvalue weighted by Crippen LogP contribution is -2.41. The van der Waals surface area contributed by atoms with Gasteiger partial charge in [0.1, 0.15) is 0 Å². The molecule has 2 amide bonds. The number of halogens is 4. The van der Waals surface area contributed by atoms with Crippen LogP contribution in [0.2, 0.25) is 5.02 Å². The fraction of sp³-hybridized carbons (Fsp3) is 0.370. The number of Topliss-reactive ketones (excluding diaryl/α,β-unsaturated/α-hetero) is 1. The topological polar surface area (TPSA) is 102 Å². The molecule has 0 radical (unpaired) electrons. The molecule has 0 spiro atoms. The Kier molecular flexibility index (Phi) is 9.43. The summed E-state index contributed by atoms with van der Waals surface area (Å²) in [4.78, 5) is 37.8. The van der Waals surface area contributed by atoms with Gasteiger partial charge in [-0.3, -0.25) is 9.59 Å². The first-order chi connectivity index (χ1) is 17.8. The van der Waals surface area contributed by atoms with Crippen molar-refractivity contribution < 1.29 is 32.3 Å². The Morgan fingerprint density at radius 2 is 1.84 bits per heavy atom. The van der Waals surface area contributed by atoms with Crippen LogP contribution in [0.4, 0.5) is 29.3 Å². The number of para-hydroxylation sites is 1. The molecule has 1 fully saturated rings. The second-order valence-corrected chi connectivity index (χ2v) is 9.58.